The molecule has 2 rings (SSSR count). The van der Waals surface area contributed by atoms with Crippen molar-refractivity contribution in [2.45, 2.75) is 18.7 Å². The number of hydrogen-bond acceptors (Lipinski definition) is 4. The zero-order chi connectivity index (χ0) is 14.9. The molecule has 1 heterocycles. The second-order valence-electron chi connectivity index (χ2n) is 4.45. The highest BCUT2D eigenvalue weighted by Gasteiger charge is 2.20. The van der Waals surface area contributed by atoms with Gasteiger partial charge in [0.2, 0.25) is 0 Å². The average Bonchev–Trinajstić information content (AvgIpc) is 2.30. The summed E-state index contributed by atoms with van der Waals surface area (Å²) in [6.07, 6.45) is 1.53. The number of pyridine rings is 1. The second kappa shape index (κ2) is 5.41. The fourth-order valence-corrected chi connectivity index (χ4v) is 3.73. The van der Waals surface area contributed by atoms with Gasteiger partial charge in [0, 0.05) is 16.4 Å². The number of anilines is 2. The zero-order valence-corrected chi connectivity index (χ0v) is 13.4. The number of hydrogen-bond donors (Lipinski definition) is 2. The van der Waals surface area contributed by atoms with Crippen LogP contribution in [0.15, 0.2) is 39.8 Å². The normalized spacial score (nSPS) is 11.3. The summed E-state index contributed by atoms with van der Waals surface area (Å²) in [7, 11) is -3.69. The fraction of sp³-hybridized carbons (Fsp3) is 0.154. The Kier molecular flexibility index (Phi) is 4.01. The molecule has 0 bridgehead atoms. The Balaban J connectivity index is 2.43. The van der Waals surface area contributed by atoms with Gasteiger partial charge in [-0.15, -0.1) is 0 Å². The van der Waals surface area contributed by atoms with E-state index in [4.69, 9.17) is 5.73 Å². The van der Waals surface area contributed by atoms with Crippen LogP contribution in [0.4, 0.5) is 11.5 Å². The summed E-state index contributed by atoms with van der Waals surface area (Å²) in [5.74, 6) is 0.267. The molecule has 0 unspecified atom stereocenters. The molecule has 1 aromatic carbocycles. The van der Waals surface area contributed by atoms with Crippen LogP contribution < -0.4 is 10.5 Å². The summed E-state index contributed by atoms with van der Waals surface area (Å²) >= 11 is 3.25. The Labute approximate surface area is 126 Å². The number of nitrogens with one attached hydrogen (secondary N) is 1. The first kappa shape index (κ1) is 14.8. The molecule has 20 heavy (non-hydrogen) atoms. The van der Waals surface area contributed by atoms with E-state index >= 15 is 0 Å². The maximum absolute atomic E-state index is 12.4. The quantitative estimate of drug-likeness (QED) is 0.829. The van der Waals surface area contributed by atoms with Gasteiger partial charge < -0.3 is 5.73 Å². The van der Waals surface area contributed by atoms with Crippen LogP contribution in [-0.4, -0.2) is 13.4 Å². The van der Waals surface area contributed by atoms with E-state index in [1.807, 2.05) is 0 Å². The lowest BCUT2D eigenvalue weighted by atomic mass is 10.1. The van der Waals surface area contributed by atoms with Crippen LogP contribution >= 0.6 is 15.9 Å². The summed E-state index contributed by atoms with van der Waals surface area (Å²) in [4.78, 5) is 4.24. The van der Waals surface area contributed by atoms with Crippen LogP contribution in [0, 0.1) is 13.8 Å². The van der Waals surface area contributed by atoms with E-state index < -0.39 is 10.0 Å². The van der Waals surface area contributed by atoms with Gasteiger partial charge in [-0.1, -0.05) is 0 Å². The molecule has 0 fully saturated rings. The molecule has 5 nitrogen and oxygen atoms in total. The summed E-state index contributed by atoms with van der Waals surface area (Å²) in [6.45, 7) is 3.43. The van der Waals surface area contributed by atoms with Crippen LogP contribution in [0.1, 0.15) is 11.1 Å². The molecule has 7 heteroatoms. The van der Waals surface area contributed by atoms with Crippen molar-refractivity contribution in [1.29, 1.82) is 0 Å². The number of sulfonamides is 1. The van der Waals surface area contributed by atoms with Gasteiger partial charge in [-0.05, 0) is 65.2 Å². The Morgan fingerprint density at radius 1 is 1.20 bits per heavy atom. The molecule has 0 radical (unpaired) electrons. The van der Waals surface area contributed by atoms with E-state index in [-0.39, 0.29) is 10.7 Å². The Morgan fingerprint density at radius 3 is 2.30 bits per heavy atom. The fourth-order valence-electron chi connectivity index (χ4n) is 2.03. The van der Waals surface area contributed by atoms with Crippen LogP contribution in [0.2, 0.25) is 0 Å². The van der Waals surface area contributed by atoms with Gasteiger partial charge in [0.1, 0.15) is 5.82 Å². The Bertz CT molecular complexity index is 720. The topological polar surface area (TPSA) is 85.1 Å². The van der Waals surface area contributed by atoms with E-state index in [1.54, 1.807) is 38.1 Å². The molecule has 0 atom stereocenters. The van der Waals surface area contributed by atoms with Crippen LogP contribution in [-0.2, 0) is 10.0 Å². The van der Waals surface area contributed by atoms with Crippen molar-refractivity contribution in [3.63, 3.8) is 0 Å². The first-order valence-corrected chi connectivity index (χ1v) is 8.08. The summed E-state index contributed by atoms with van der Waals surface area (Å²) in [5, 5.41) is 0. The highest BCUT2D eigenvalue weighted by molar-refractivity contribution is 9.10. The number of nitrogens with zero attached hydrogens (tertiary/aromatic N) is 1. The SMILES string of the molecule is Cc1cc(N)cc(C)c1S(=O)(=O)Nc1ccc(Br)cn1. The summed E-state index contributed by atoms with van der Waals surface area (Å²) in [5.41, 5.74) is 7.46. The van der Waals surface area contributed by atoms with Crippen molar-refractivity contribution in [3.8, 4) is 0 Å². The molecule has 0 aliphatic heterocycles. The van der Waals surface area contributed by atoms with Gasteiger partial charge in [-0.25, -0.2) is 13.4 Å². The number of aromatic nitrogens is 1. The number of nitrogens with two attached hydrogens (primary N) is 1. The maximum Gasteiger partial charge on any atom is 0.263 e. The monoisotopic (exact) mass is 355 g/mol. The lowest BCUT2D eigenvalue weighted by molar-refractivity contribution is 0.600. The van der Waals surface area contributed by atoms with Gasteiger partial charge in [-0.3, -0.25) is 4.72 Å². The van der Waals surface area contributed by atoms with Crippen molar-refractivity contribution >= 4 is 37.5 Å². The van der Waals surface area contributed by atoms with Crippen LogP contribution in [0.5, 0.6) is 0 Å². The minimum Gasteiger partial charge on any atom is -0.399 e. The molecule has 0 saturated carbocycles. The zero-order valence-electron chi connectivity index (χ0n) is 11.0. The van der Waals surface area contributed by atoms with Gasteiger partial charge in [0.25, 0.3) is 10.0 Å². The van der Waals surface area contributed by atoms with E-state index in [0.717, 1.165) is 4.47 Å². The van der Waals surface area contributed by atoms with E-state index in [1.165, 1.54) is 6.20 Å². The van der Waals surface area contributed by atoms with Crippen LogP contribution in [0.3, 0.4) is 0 Å². The third-order valence-corrected chi connectivity index (χ3v) is 4.85. The van der Waals surface area contributed by atoms with Crippen LogP contribution in [0.25, 0.3) is 0 Å². The first-order valence-electron chi connectivity index (χ1n) is 5.81. The van der Waals surface area contributed by atoms with Crippen molar-refractivity contribution in [3.05, 3.63) is 46.1 Å². The van der Waals surface area contributed by atoms with Crippen molar-refractivity contribution in [2.75, 3.05) is 10.5 Å². The van der Waals surface area contributed by atoms with Gasteiger partial charge in [0.05, 0.1) is 4.90 Å². The lowest BCUT2D eigenvalue weighted by Crippen LogP contribution is -2.16. The standard InChI is InChI=1S/C13H14BrN3O2S/c1-8-5-11(15)6-9(2)13(8)20(18,19)17-12-4-3-10(14)7-16-12/h3-7H,15H2,1-2H3,(H,16,17). The van der Waals surface area contributed by atoms with Crippen molar-refractivity contribution in [1.82, 2.24) is 4.98 Å². The number of aryl methyl sites for hydroxylation is 2. The molecular formula is C13H14BrN3O2S. The largest absolute Gasteiger partial charge is 0.399 e. The maximum atomic E-state index is 12.4. The van der Waals surface area contributed by atoms with E-state index in [9.17, 15) is 8.42 Å². The van der Waals surface area contributed by atoms with Gasteiger partial charge in [0.15, 0.2) is 0 Å². The predicted molar refractivity (Wildman–Crippen MR) is 83.1 cm³/mol. The van der Waals surface area contributed by atoms with E-state index in [0.29, 0.717) is 16.8 Å². The molecule has 1 aromatic heterocycles. The smallest absolute Gasteiger partial charge is 0.263 e. The molecule has 106 valence electrons. The second-order valence-corrected chi connectivity index (χ2v) is 6.99. The Hall–Kier alpha value is -1.60. The third kappa shape index (κ3) is 3.10. The molecule has 0 aliphatic carbocycles. The summed E-state index contributed by atoms with van der Waals surface area (Å²) in [6, 6.07) is 6.57. The third-order valence-electron chi connectivity index (χ3n) is 2.72. The first-order chi connectivity index (χ1) is 9.29. The highest BCUT2D eigenvalue weighted by atomic mass is 79.9. The highest BCUT2D eigenvalue weighted by Crippen LogP contribution is 2.25. The molecule has 2 aromatic rings. The summed E-state index contributed by atoms with van der Waals surface area (Å²) < 4.78 is 28.1. The molecule has 0 aliphatic rings. The van der Waals surface area contributed by atoms with Crippen molar-refractivity contribution in [2.24, 2.45) is 0 Å². The molecule has 0 amide bonds. The number of rotatable bonds is 3. The average molecular weight is 356 g/mol. The Morgan fingerprint density at radius 2 is 1.80 bits per heavy atom. The van der Waals surface area contributed by atoms with Crippen molar-refractivity contribution < 1.29 is 8.42 Å². The minimum atomic E-state index is -3.69. The minimum absolute atomic E-state index is 0.233. The van der Waals surface area contributed by atoms with Gasteiger partial charge >= 0.3 is 0 Å². The van der Waals surface area contributed by atoms with Gasteiger partial charge in [-0.2, -0.15) is 0 Å². The molecule has 0 saturated heterocycles. The predicted octanol–water partition coefficient (Wildman–Crippen LogP) is 2.84. The van der Waals surface area contributed by atoms with E-state index in [2.05, 4.69) is 25.6 Å². The molecule has 0 spiro atoms. The number of halogens is 1. The lowest BCUT2D eigenvalue weighted by Gasteiger charge is -2.13. The molecule has 3 N–H and O–H groups in total. The number of benzene rings is 1. The number of nitrogen functional groups attached to an aromatic ring is 1. The molecular weight excluding hydrogens is 342 g/mol.